The average molecular weight is 604 g/mol. The van der Waals surface area contributed by atoms with E-state index >= 15 is 0 Å². The average Bonchev–Trinajstić information content (AvgIpc) is 3.39. The highest BCUT2D eigenvalue weighted by atomic mass is 79.9. The van der Waals surface area contributed by atoms with Crippen LogP contribution in [0.2, 0.25) is 0 Å². The maximum Gasteiger partial charge on any atom is 0.254 e. The number of likely N-dealkylation sites (tertiary alicyclic amines) is 1. The smallest absolute Gasteiger partial charge is 0.254 e. The second-order valence-electron chi connectivity index (χ2n) is 10.5. The van der Waals surface area contributed by atoms with Gasteiger partial charge in [-0.15, -0.1) is 0 Å². The van der Waals surface area contributed by atoms with Crippen molar-refractivity contribution in [2.24, 2.45) is 5.92 Å². The molecule has 2 aliphatic rings. The van der Waals surface area contributed by atoms with Gasteiger partial charge in [-0.25, -0.2) is 4.39 Å². The first-order valence-electron chi connectivity index (χ1n) is 13.9. The van der Waals surface area contributed by atoms with Crippen LogP contribution in [0.5, 0.6) is 17.2 Å². The number of carbonyl (C=O) groups excluding carboxylic acids is 1. The van der Waals surface area contributed by atoms with Crippen molar-refractivity contribution in [2.45, 2.75) is 51.0 Å². The van der Waals surface area contributed by atoms with Gasteiger partial charge in [-0.05, 0) is 74.1 Å². The Kier molecular flexibility index (Phi) is 10.7. The van der Waals surface area contributed by atoms with E-state index in [1.54, 1.807) is 45.6 Å². The molecule has 0 spiro atoms. The lowest BCUT2D eigenvalue weighted by Gasteiger charge is -2.34. The fraction of sp³-hybridized carbons (Fsp3) is 0.516. The Hall–Kier alpha value is -2.58. The van der Waals surface area contributed by atoms with Crippen molar-refractivity contribution in [1.82, 2.24) is 9.80 Å². The number of rotatable bonds is 11. The van der Waals surface area contributed by atoms with E-state index in [0.717, 1.165) is 41.9 Å². The summed E-state index contributed by atoms with van der Waals surface area (Å²) >= 11 is 3.69. The summed E-state index contributed by atoms with van der Waals surface area (Å²) < 4.78 is 30.8. The van der Waals surface area contributed by atoms with E-state index in [1.807, 2.05) is 11.0 Å². The zero-order valence-electron chi connectivity index (χ0n) is 23.3. The van der Waals surface area contributed by atoms with Crippen LogP contribution < -0.4 is 14.2 Å². The molecule has 6 nitrogen and oxygen atoms in total. The van der Waals surface area contributed by atoms with Crippen molar-refractivity contribution in [3.05, 3.63) is 57.8 Å². The minimum atomic E-state index is -0.276. The van der Waals surface area contributed by atoms with E-state index in [0.29, 0.717) is 41.9 Å². The molecule has 1 heterocycles. The fourth-order valence-corrected chi connectivity index (χ4v) is 6.44. The van der Waals surface area contributed by atoms with E-state index in [4.69, 9.17) is 14.2 Å². The van der Waals surface area contributed by atoms with Gasteiger partial charge in [0, 0.05) is 29.2 Å². The van der Waals surface area contributed by atoms with E-state index in [-0.39, 0.29) is 11.7 Å². The van der Waals surface area contributed by atoms with Gasteiger partial charge in [-0.3, -0.25) is 9.69 Å². The van der Waals surface area contributed by atoms with Crippen LogP contribution in [0.4, 0.5) is 4.39 Å². The van der Waals surface area contributed by atoms with E-state index in [9.17, 15) is 9.18 Å². The summed E-state index contributed by atoms with van der Waals surface area (Å²) in [6.45, 7) is 3.21. The molecule has 0 bridgehead atoms. The molecule has 0 unspecified atom stereocenters. The standard InChI is InChI=1S/C31H40BrFN2O4/c1-37-28-17-24(18-29(38-2)30(28)39-3)31(36)35(20-25(32)16-22-11-13-26(33)14-12-22)21-27-10-7-15-34(27)19-23-8-5-4-6-9-23/h11-14,16-18,23,27H,4-10,15,19-21H2,1-3H3/b25-16-/t27-/m0/s1. The summed E-state index contributed by atoms with van der Waals surface area (Å²) in [5.41, 5.74) is 1.34. The van der Waals surface area contributed by atoms with Crippen molar-refractivity contribution in [3.63, 3.8) is 0 Å². The van der Waals surface area contributed by atoms with Gasteiger partial charge in [0.05, 0.1) is 27.9 Å². The molecular weight excluding hydrogens is 563 g/mol. The summed E-state index contributed by atoms with van der Waals surface area (Å²) in [6.07, 6.45) is 10.8. The molecule has 2 aromatic rings. The molecule has 39 heavy (non-hydrogen) atoms. The minimum absolute atomic E-state index is 0.108. The molecule has 1 aliphatic heterocycles. The topological polar surface area (TPSA) is 51.2 Å². The van der Waals surface area contributed by atoms with Gasteiger partial charge in [0.1, 0.15) is 5.82 Å². The third-order valence-electron chi connectivity index (χ3n) is 7.88. The Labute approximate surface area is 240 Å². The molecule has 0 N–H and O–H groups in total. The van der Waals surface area contributed by atoms with Crippen LogP contribution in [0.3, 0.4) is 0 Å². The quantitative estimate of drug-likeness (QED) is 0.284. The molecule has 1 amide bonds. The van der Waals surface area contributed by atoms with E-state index in [1.165, 1.54) is 44.2 Å². The number of carbonyl (C=O) groups is 1. The summed E-state index contributed by atoms with van der Waals surface area (Å²) in [4.78, 5) is 18.6. The molecule has 2 fully saturated rings. The van der Waals surface area contributed by atoms with E-state index < -0.39 is 0 Å². The minimum Gasteiger partial charge on any atom is -0.493 e. The molecule has 1 atom stereocenters. The van der Waals surface area contributed by atoms with Gasteiger partial charge in [0.2, 0.25) is 5.75 Å². The third kappa shape index (κ3) is 7.76. The first-order valence-corrected chi connectivity index (χ1v) is 14.7. The summed E-state index contributed by atoms with van der Waals surface area (Å²) in [6, 6.07) is 10.1. The lowest BCUT2D eigenvalue weighted by molar-refractivity contribution is 0.0713. The second-order valence-corrected chi connectivity index (χ2v) is 11.6. The molecule has 0 radical (unpaired) electrons. The molecule has 2 aromatic carbocycles. The van der Waals surface area contributed by atoms with Crippen LogP contribution in [0, 0.1) is 11.7 Å². The van der Waals surface area contributed by atoms with Crippen LogP contribution in [0.15, 0.2) is 40.9 Å². The van der Waals surface area contributed by atoms with Crippen molar-refractivity contribution in [2.75, 3.05) is 47.5 Å². The highest BCUT2D eigenvalue weighted by Crippen LogP contribution is 2.39. The van der Waals surface area contributed by atoms with Crippen LogP contribution >= 0.6 is 15.9 Å². The molecule has 8 heteroatoms. The maximum atomic E-state index is 14.1. The lowest BCUT2D eigenvalue weighted by atomic mass is 9.89. The van der Waals surface area contributed by atoms with Crippen LogP contribution in [-0.4, -0.2) is 69.3 Å². The molecule has 4 rings (SSSR count). The largest absolute Gasteiger partial charge is 0.493 e. The number of halogens is 2. The summed E-state index contributed by atoms with van der Waals surface area (Å²) in [5, 5.41) is 0. The number of hydrogen-bond acceptors (Lipinski definition) is 5. The summed E-state index contributed by atoms with van der Waals surface area (Å²) in [7, 11) is 4.65. The van der Waals surface area contributed by atoms with Crippen LogP contribution in [0.25, 0.3) is 6.08 Å². The highest BCUT2D eigenvalue weighted by molar-refractivity contribution is 9.11. The number of methoxy groups -OCH3 is 3. The maximum absolute atomic E-state index is 14.1. The SMILES string of the molecule is COc1cc(C(=O)N(C/C(Br)=C/c2ccc(F)cc2)C[C@@H]2CCCN2CC2CCCCC2)cc(OC)c1OC. The predicted octanol–water partition coefficient (Wildman–Crippen LogP) is 6.77. The first-order chi connectivity index (χ1) is 18.9. The van der Waals surface area contributed by atoms with Gasteiger partial charge >= 0.3 is 0 Å². The highest BCUT2D eigenvalue weighted by Gasteiger charge is 2.31. The normalized spacial score (nSPS) is 18.7. The van der Waals surface area contributed by atoms with Gasteiger partial charge in [-0.2, -0.15) is 0 Å². The number of hydrogen-bond donors (Lipinski definition) is 0. The number of amides is 1. The predicted molar refractivity (Wildman–Crippen MR) is 156 cm³/mol. The third-order valence-corrected chi connectivity index (χ3v) is 8.36. The Morgan fingerprint density at radius 3 is 2.28 bits per heavy atom. The van der Waals surface area contributed by atoms with Crippen molar-refractivity contribution in [3.8, 4) is 17.2 Å². The number of ether oxygens (including phenoxy) is 3. The molecule has 0 aromatic heterocycles. The van der Waals surface area contributed by atoms with Gasteiger partial charge in [0.25, 0.3) is 5.91 Å². The Morgan fingerprint density at radius 1 is 1.00 bits per heavy atom. The molecule has 1 saturated heterocycles. The second kappa shape index (κ2) is 14.2. The summed E-state index contributed by atoms with van der Waals surface area (Å²) in [5.74, 6) is 1.71. The number of nitrogens with zero attached hydrogens (tertiary/aromatic N) is 2. The Morgan fingerprint density at radius 2 is 1.67 bits per heavy atom. The van der Waals surface area contributed by atoms with Crippen molar-refractivity contribution in [1.29, 1.82) is 0 Å². The van der Waals surface area contributed by atoms with E-state index in [2.05, 4.69) is 20.8 Å². The zero-order valence-corrected chi connectivity index (χ0v) is 24.8. The fourth-order valence-electron chi connectivity index (χ4n) is 5.87. The lowest BCUT2D eigenvalue weighted by Crippen LogP contribution is -2.45. The Balaban J connectivity index is 1.59. The zero-order chi connectivity index (χ0) is 27.8. The van der Waals surface area contributed by atoms with Crippen molar-refractivity contribution >= 4 is 27.9 Å². The molecule has 1 saturated carbocycles. The monoisotopic (exact) mass is 602 g/mol. The van der Waals surface area contributed by atoms with Gasteiger partial charge < -0.3 is 19.1 Å². The van der Waals surface area contributed by atoms with Gasteiger partial charge in [-0.1, -0.05) is 47.3 Å². The van der Waals surface area contributed by atoms with Crippen LogP contribution in [0.1, 0.15) is 60.9 Å². The molecule has 1 aliphatic carbocycles. The Bertz CT molecular complexity index is 1110. The van der Waals surface area contributed by atoms with Crippen LogP contribution in [-0.2, 0) is 0 Å². The number of benzene rings is 2. The first kappa shape index (κ1) is 29.4. The van der Waals surface area contributed by atoms with Gasteiger partial charge in [0.15, 0.2) is 11.5 Å². The molecular formula is C31H40BrFN2O4. The molecule has 212 valence electrons. The van der Waals surface area contributed by atoms with Crippen molar-refractivity contribution < 1.29 is 23.4 Å².